The number of likely N-dealkylation sites (tertiary alicyclic amines) is 1. The molecule has 0 saturated carbocycles. The summed E-state index contributed by atoms with van der Waals surface area (Å²) < 4.78 is 12.1. The summed E-state index contributed by atoms with van der Waals surface area (Å²) in [5.41, 5.74) is 0.177. The first-order valence-corrected chi connectivity index (χ1v) is 8.65. The van der Waals surface area contributed by atoms with Crippen molar-refractivity contribution in [2.75, 3.05) is 19.7 Å². The highest BCUT2D eigenvalue weighted by Gasteiger charge is 2.45. The van der Waals surface area contributed by atoms with E-state index >= 15 is 0 Å². The third-order valence-electron chi connectivity index (χ3n) is 4.82. The van der Waals surface area contributed by atoms with Gasteiger partial charge in [0.15, 0.2) is 0 Å². The molecule has 0 aliphatic carbocycles. The summed E-state index contributed by atoms with van der Waals surface area (Å²) in [5, 5.41) is 0. The van der Waals surface area contributed by atoms with Crippen molar-refractivity contribution in [3.63, 3.8) is 0 Å². The van der Waals surface area contributed by atoms with Gasteiger partial charge in [0.2, 0.25) is 0 Å². The predicted octanol–water partition coefficient (Wildman–Crippen LogP) is 2.32. The van der Waals surface area contributed by atoms with Crippen LogP contribution in [0.15, 0.2) is 48.9 Å². The Hall–Kier alpha value is -2.47. The van der Waals surface area contributed by atoms with Gasteiger partial charge in [0.05, 0.1) is 24.9 Å². The number of carbonyl (C=O) groups is 1. The first kappa shape index (κ1) is 16.0. The molecule has 25 heavy (non-hydrogen) atoms. The van der Waals surface area contributed by atoms with Crippen LogP contribution in [0.1, 0.15) is 29.8 Å². The maximum atomic E-state index is 12.7. The molecular formula is C19H21N3O3. The van der Waals surface area contributed by atoms with Crippen molar-refractivity contribution in [3.8, 4) is 5.75 Å². The van der Waals surface area contributed by atoms with E-state index in [1.807, 2.05) is 29.2 Å². The van der Waals surface area contributed by atoms with Crippen LogP contribution in [0.2, 0.25) is 0 Å². The molecule has 6 nitrogen and oxygen atoms in total. The molecule has 2 aromatic heterocycles. The lowest BCUT2D eigenvalue weighted by atomic mass is 9.89. The monoisotopic (exact) mass is 339 g/mol. The topological polar surface area (TPSA) is 64.6 Å². The molecule has 1 spiro atoms. The summed E-state index contributed by atoms with van der Waals surface area (Å²) in [6.07, 6.45) is 7.74. The van der Waals surface area contributed by atoms with E-state index in [2.05, 4.69) is 9.97 Å². The zero-order chi connectivity index (χ0) is 17.1. The van der Waals surface area contributed by atoms with E-state index in [0.29, 0.717) is 18.8 Å². The summed E-state index contributed by atoms with van der Waals surface area (Å²) in [6.45, 7) is 1.88. The van der Waals surface area contributed by atoms with Gasteiger partial charge < -0.3 is 14.4 Å². The Morgan fingerprint density at radius 3 is 3.04 bits per heavy atom. The van der Waals surface area contributed by atoms with Crippen molar-refractivity contribution < 1.29 is 14.3 Å². The van der Waals surface area contributed by atoms with Gasteiger partial charge in [0.1, 0.15) is 17.5 Å². The normalized spacial score (nSPS) is 25.9. The van der Waals surface area contributed by atoms with Gasteiger partial charge in [-0.25, -0.2) is 0 Å². The van der Waals surface area contributed by atoms with Gasteiger partial charge in [0, 0.05) is 25.4 Å². The lowest BCUT2D eigenvalue weighted by molar-refractivity contribution is -0.0454. The Balaban J connectivity index is 1.42. The standard InChI is InChI=1S/C19H21N3O3/c23-18(17-6-1-2-9-21-17)22-10-4-7-19(14-22)11-16(13-24-19)25-15-5-3-8-20-12-15/h1-3,5-6,8-9,12,16H,4,7,10-11,13-14H2. The van der Waals surface area contributed by atoms with Crippen LogP contribution in [-0.2, 0) is 4.74 Å². The fourth-order valence-corrected chi connectivity index (χ4v) is 3.69. The molecule has 2 aromatic rings. The van der Waals surface area contributed by atoms with Crippen molar-refractivity contribution >= 4 is 5.91 Å². The van der Waals surface area contributed by atoms with E-state index in [9.17, 15) is 4.79 Å². The minimum atomic E-state index is -0.310. The van der Waals surface area contributed by atoms with Crippen molar-refractivity contribution in [3.05, 3.63) is 54.6 Å². The van der Waals surface area contributed by atoms with Crippen LogP contribution in [0.5, 0.6) is 5.75 Å². The van der Waals surface area contributed by atoms with Crippen LogP contribution in [0.4, 0.5) is 0 Å². The first-order valence-electron chi connectivity index (χ1n) is 8.65. The SMILES string of the molecule is O=C(c1ccccn1)N1CCCC2(CC(Oc3cccnc3)CO2)C1. The minimum absolute atomic E-state index is 0.00546. The molecule has 130 valence electrons. The smallest absolute Gasteiger partial charge is 0.272 e. The molecule has 1 amide bonds. The van der Waals surface area contributed by atoms with Gasteiger partial charge in [-0.1, -0.05) is 6.07 Å². The molecule has 2 saturated heterocycles. The summed E-state index contributed by atoms with van der Waals surface area (Å²) in [4.78, 5) is 22.8. The second-order valence-electron chi connectivity index (χ2n) is 6.67. The minimum Gasteiger partial charge on any atom is -0.486 e. The van der Waals surface area contributed by atoms with Crippen molar-refractivity contribution in [1.29, 1.82) is 0 Å². The van der Waals surface area contributed by atoms with Gasteiger partial charge in [-0.2, -0.15) is 0 Å². The molecule has 2 aliphatic rings. The van der Waals surface area contributed by atoms with Crippen LogP contribution in [-0.4, -0.2) is 52.2 Å². The number of carbonyl (C=O) groups excluding carboxylic acids is 1. The number of amides is 1. The van der Waals surface area contributed by atoms with E-state index < -0.39 is 0 Å². The number of nitrogens with zero attached hydrogens (tertiary/aromatic N) is 3. The second kappa shape index (κ2) is 6.80. The highest BCUT2D eigenvalue weighted by atomic mass is 16.6. The average Bonchev–Trinajstić information content (AvgIpc) is 3.04. The van der Waals surface area contributed by atoms with E-state index in [0.717, 1.165) is 31.6 Å². The molecule has 2 fully saturated rings. The number of hydrogen-bond acceptors (Lipinski definition) is 5. The Kier molecular flexibility index (Phi) is 4.36. The summed E-state index contributed by atoms with van der Waals surface area (Å²) >= 11 is 0. The van der Waals surface area contributed by atoms with Crippen molar-refractivity contribution in [1.82, 2.24) is 14.9 Å². The Bertz CT molecular complexity index is 725. The maximum absolute atomic E-state index is 12.7. The highest BCUT2D eigenvalue weighted by molar-refractivity contribution is 5.92. The number of ether oxygens (including phenoxy) is 2. The highest BCUT2D eigenvalue weighted by Crippen LogP contribution is 2.36. The summed E-state index contributed by atoms with van der Waals surface area (Å²) in [5.74, 6) is 0.727. The van der Waals surface area contributed by atoms with Gasteiger partial charge in [-0.3, -0.25) is 14.8 Å². The predicted molar refractivity (Wildman–Crippen MR) is 91.3 cm³/mol. The van der Waals surface area contributed by atoms with Crippen LogP contribution in [0, 0.1) is 0 Å². The van der Waals surface area contributed by atoms with Gasteiger partial charge >= 0.3 is 0 Å². The van der Waals surface area contributed by atoms with Crippen molar-refractivity contribution in [2.24, 2.45) is 0 Å². The molecule has 0 radical (unpaired) electrons. The molecule has 4 rings (SSSR count). The molecular weight excluding hydrogens is 318 g/mol. The quantitative estimate of drug-likeness (QED) is 0.859. The average molecular weight is 339 g/mol. The third kappa shape index (κ3) is 3.49. The largest absolute Gasteiger partial charge is 0.486 e. The van der Waals surface area contributed by atoms with Crippen LogP contribution in [0.25, 0.3) is 0 Å². The fraction of sp³-hybridized carbons (Fsp3) is 0.421. The van der Waals surface area contributed by atoms with Gasteiger partial charge in [0.25, 0.3) is 5.91 Å². The first-order chi connectivity index (χ1) is 12.2. The summed E-state index contributed by atoms with van der Waals surface area (Å²) in [6, 6.07) is 9.16. The molecule has 6 heteroatoms. The van der Waals surface area contributed by atoms with Gasteiger partial charge in [-0.15, -0.1) is 0 Å². The molecule has 2 atom stereocenters. The lowest BCUT2D eigenvalue weighted by Gasteiger charge is -2.39. The lowest BCUT2D eigenvalue weighted by Crippen LogP contribution is -2.50. The van der Waals surface area contributed by atoms with E-state index in [4.69, 9.17) is 9.47 Å². The second-order valence-corrected chi connectivity index (χ2v) is 6.67. The zero-order valence-electron chi connectivity index (χ0n) is 14.0. The number of rotatable bonds is 3. The molecule has 0 bridgehead atoms. The number of pyridine rings is 2. The van der Waals surface area contributed by atoms with Gasteiger partial charge in [-0.05, 0) is 37.1 Å². The van der Waals surface area contributed by atoms with E-state index in [-0.39, 0.29) is 17.6 Å². The van der Waals surface area contributed by atoms with Crippen LogP contribution in [0.3, 0.4) is 0 Å². The van der Waals surface area contributed by atoms with Crippen LogP contribution < -0.4 is 4.74 Å². The van der Waals surface area contributed by atoms with E-state index in [1.54, 1.807) is 24.7 Å². The maximum Gasteiger partial charge on any atom is 0.272 e. The molecule has 4 heterocycles. The summed E-state index contributed by atoms with van der Waals surface area (Å²) in [7, 11) is 0. The third-order valence-corrected chi connectivity index (χ3v) is 4.82. The Morgan fingerprint density at radius 1 is 1.28 bits per heavy atom. The Labute approximate surface area is 146 Å². The fourth-order valence-electron chi connectivity index (χ4n) is 3.69. The number of aromatic nitrogens is 2. The molecule has 2 unspecified atom stereocenters. The molecule has 0 N–H and O–H groups in total. The number of hydrogen-bond donors (Lipinski definition) is 0. The van der Waals surface area contributed by atoms with E-state index in [1.165, 1.54) is 0 Å². The van der Waals surface area contributed by atoms with Crippen LogP contribution >= 0.6 is 0 Å². The number of piperidine rings is 1. The Morgan fingerprint density at radius 2 is 2.24 bits per heavy atom. The van der Waals surface area contributed by atoms with Crippen molar-refractivity contribution in [2.45, 2.75) is 31.0 Å². The zero-order valence-corrected chi connectivity index (χ0v) is 14.0. The molecule has 2 aliphatic heterocycles. The molecule has 0 aromatic carbocycles.